The van der Waals surface area contributed by atoms with Gasteiger partial charge in [0.05, 0.1) is 16.6 Å². The zero-order valence-corrected chi connectivity index (χ0v) is 12.2. The summed E-state index contributed by atoms with van der Waals surface area (Å²) in [6.45, 7) is 3.97. The first-order valence-electron chi connectivity index (χ1n) is 6.40. The molecular weight excluding hydrogens is 272 g/mol. The Labute approximate surface area is 123 Å². The topological polar surface area (TPSA) is 55.1 Å². The number of amides is 1. The maximum absolute atomic E-state index is 12.2. The Bertz CT molecular complexity index is 623. The van der Waals surface area contributed by atoms with Crippen LogP contribution in [0.1, 0.15) is 34.5 Å². The lowest BCUT2D eigenvalue weighted by Crippen LogP contribution is -2.26. The normalized spacial score (nSPS) is 11.9. The van der Waals surface area contributed by atoms with E-state index in [0.717, 1.165) is 5.56 Å². The molecule has 0 aliphatic rings. The molecule has 1 atom stereocenters. The smallest absolute Gasteiger partial charge is 0.253 e. The van der Waals surface area contributed by atoms with Crippen molar-refractivity contribution in [2.45, 2.75) is 19.9 Å². The maximum atomic E-state index is 12.2. The van der Waals surface area contributed by atoms with Gasteiger partial charge in [-0.2, -0.15) is 0 Å². The molecule has 0 heterocycles. The van der Waals surface area contributed by atoms with Crippen LogP contribution < -0.4 is 11.1 Å². The van der Waals surface area contributed by atoms with Crippen molar-refractivity contribution in [1.29, 1.82) is 0 Å². The number of carbonyl (C=O) groups is 1. The largest absolute Gasteiger partial charge is 0.399 e. The average molecular weight is 289 g/mol. The second kappa shape index (κ2) is 5.97. The minimum atomic E-state index is -0.205. The Hall–Kier alpha value is -2.00. The first kappa shape index (κ1) is 14.4. The number of halogens is 1. The van der Waals surface area contributed by atoms with E-state index in [1.54, 1.807) is 18.2 Å². The molecule has 0 radical (unpaired) electrons. The molecule has 20 heavy (non-hydrogen) atoms. The van der Waals surface area contributed by atoms with Gasteiger partial charge in [0.15, 0.2) is 0 Å². The van der Waals surface area contributed by atoms with Crippen LogP contribution in [0.25, 0.3) is 0 Å². The number of nitrogens with one attached hydrogen (secondary N) is 1. The summed E-state index contributed by atoms with van der Waals surface area (Å²) in [4.78, 5) is 12.2. The van der Waals surface area contributed by atoms with Crippen molar-refractivity contribution in [2.24, 2.45) is 0 Å². The van der Waals surface area contributed by atoms with Crippen molar-refractivity contribution >= 4 is 23.2 Å². The Balaban J connectivity index is 2.13. The number of hydrogen-bond acceptors (Lipinski definition) is 2. The van der Waals surface area contributed by atoms with Crippen LogP contribution in [-0.4, -0.2) is 5.91 Å². The summed E-state index contributed by atoms with van der Waals surface area (Å²) in [6, 6.07) is 12.8. The van der Waals surface area contributed by atoms with Crippen molar-refractivity contribution in [3.63, 3.8) is 0 Å². The first-order chi connectivity index (χ1) is 9.47. The molecule has 2 aromatic carbocycles. The van der Waals surface area contributed by atoms with E-state index in [1.165, 1.54) is 5.56 Å². The molecule has 0 fully saturated rings. The number of hydrogen-bond donors (Lipinski definition) is 2. The summed E-state index contributed by atoms with van der Waals surface area (Å²) < 4.78 is 0. The van der Waals surface area contributed by atoms with Crippen LogP contribution in [0, 0.1) is 6.92 Å². The lowest BCUT2D eigenvalue weighted by Gasteiger charge is -2.15. The van der Waals surface area contributed by atoms with Crippen LogP contribution in [0.2, 0.25) is 5.02 Å². The number of nitrogens with two attached hydrogens (primary N) is 1. The molecule has 2 rings (SSSR count). The Morgan fingerprint density at radius 3 is 2.45 bits per heavy atom. The standard InChI is InChI=1S/C16H17ClN2O/c1-10-3-5-12(6-4-10)11(2)19-16(20)14-8-7-13(18)9-15(14)17/h3-9,11H,18H2,1-2H3,(H,19,20). The minimum Gasteiger partial charge on any atom is -0.399 e. The molecule has 0 aliphatic carbocycles. The van der Waals surface area contributed by atoms with Crippen molar-refractivity contribution in [1.82, 2.24) is 5.32 Å². The molecule has 0 bridgehead atoms. The molecule has 1 unspecified atom stereocenters. The van der Waals surface area contributed by atoms with E-state index in [-0.39, 0.29) is 11.9 Å². The highest BCUT2D eigenvalue weighted by molar-refractivity contribution is 6.34. The van der Waals surface area contributed by atoms with Crippen LogP contribution in [-0.2, 0) is 0 Å². The summed E-state index contributed by atoms with van der Waals surface area (Å²) in [5.74, 6) is -0.205. The van der Waals surface area contributed by atoms with Gasteiger partial charge in [0, 0.05) is 5.69 Å². The molecular formula is C16H17ClN2O. The van der Waals surface area contributed by atoms with Gasteiger partial charge < -0.3 is 11.1 Å². The molecule has 1 amide bonds. The molecule has 0 saturated heterocycles. The van der Waals surface area contributed by atoms with E-state index in [4.69, 9.17) is 17.3 Å². The fourth-order valence-corrected chi connectivity index (χ4v) is 2.20. The average Bonchev–Trinajstić information content (AvgIpc) is 2.39. The van der Waals surface area contributed by atoms with E-state index >= 15 is 0 Å². The van der Waals surface area contributed by atoms with Gasteiger partial charge in [-0.3, -0.25) is 4.79 Å². The van der Waals surface area contributed by atoms with E-state index in [2.05, 4.69) is 5.32 Å². The van der Waals surface area contributed by atoms with Gasteiger partial charge in [0.1, 0.15) is 0 Å². The lowest BCUT2D eigenvalue weighted by molar-refractivity contribution is 0.0940. The molecule has 3 N–H and O–H groups in total. The predicted molar refractivity (Wildman–Crippen MR) is 82.9 cm³/mol. The third kappa shape index (κ3) is 3.31. The molecule has 3 nitrogen and oxygen atoms in total. The van der Waals surface area contributed by atoms with Crippen molar-refractivity contribution in [3.8, 4) is 0 Å². The molecule has 4 heteroatoms. The van der Waals surface area contributed by atoms with E-state index < -0.39 is 0 Å². The summed E-state index contributed by atoms with van der Waals surface area (Å²) in [7, 11) is 0. The van der Waals surface area contributed by atoms with Crippen LogP contribution in [0.5, 0.6) is 0 Å². The minimum absolute atomic E-state index is 0.0864. The third-order valence-electron chi connectivity index (χ3n) is 3.16. The summed E-state index contributed by atoms with van der Waals surface area (Å²) in [5, 5.41) is 3.29. The monoisotopic (exact) mass is 288 g/mol. The lowest BCUT2D eigenvalue weighted by atomic mass is 10.1. The molecule has 104 valence electrons. The van der Waals surface area contributed by atoms with Crippen LogP contribution in [0.3, 0.4) is 0 Å². The van der Waals surface area contributed by atoms with Gasteiger partial charge in [-0.25, -0.2) is 0 Å². The van der Waals surface area contributed by atoms with E-state index in [9.17, 15) is 4.79 Å². The summed E-state index contributed by atoms with van der Waals surface area (Å²) in [5.41, 5.74) is 8.83. The Kier molecular flexibility index (Phi) is 4.30. The maximum Gasteiger partial charge on any atom is 0.253 e. The van der Waals surface area contributed by atoms with Gasteiger partial charge >= 0.3 is 0 Å². The molecule has 0 aromatic heterocycles. The Morgan fingerprint density at radius 1 is 1.20 bits per heavy atom. The van der Waals surface area contributed by atoms with Gasteiger partial charge in [-0.15, -0.1) is 0 Å². The highest BCUT2D eigenvalue weighted by Gasteiger charge is 2.14. The number of rotatable bonds is 3. The van der Waals surface area contributed by atoms with Crippen LogP contribution >= 0.6 is 11.6 Å². The number of anilines is 1. The zero-order chi connectivity index (χ0) is 14.7. The predicted octanol–water partition coefficient (Wildman–Crippen LogP) is 3.72. The molecule has 2 aromatic rings. The summed E-state index contributed by atoms with van der Waals surface area (Å²) in [6.07, 6.45) is 0. The van der Waals surface area contributed by atoms with Crippen LogP contribution in [0.15, 0.2) is 42.5 Å². The number of benzene rings is 2. The number of nitrogen functional groups attached to an aromatic ring is 1. The van der Waals surface area contributed by atoms with Crippen molar-refractivity contribution in [3.05, 3.63) is 64.2 Å². The SMILES string of the molecule is Cc1ccc(C(C)NC(=O)c2ccc(N)cc2Cl)cc1. The quantitative estimate of drug-likeness (QED) is 0.846. The molecule has 0 spiro atoms. The highest BCUT2D eigenvalue weighted by Crippen LogP contribution is 2.20. The van der Waals surface area contributed by atoms with Crippen molar-refractivity contribution in [2.75, 3.05) is 5.73 Å². The number of carbonyl (C=O) groups excluding carboxylic acids is 1. The van der Waals surface area contributed by atoms with Crippen LogP contribution in [0.4, 0.5) is 5.69 Å². The second-order valence-electron chi connectivity index (χ2n) is 4.85. The Morgan fingerprint density at radius 2 is 1.85 bits per heavy atom. The zero-order valence-electron chi connectivity index (χ0n) is 11.5. The summed E-state index contributed by atoms with van der Waals surface area (Å²) >= 11 is 6.03. The number of aryl methyl sites for hydroxylation is 1. The van der Waals surface area contributed by atoms with E-state index in [0.29, 0.717) is 16.3 Å². The third-order valence-corrected chi connectivity index (χ3v) is 3.48. The van der Waals surface area contributed by atoms with E-state index in [1.807, 2.05) is 38.1 Å². The second-order valence-corrected chi connectivity index (χ2v) is 5.25. The highest BCUT2D eigenvalue weighted by atomic mass is 35.5. The van der Waals surface area contributed by atoms with Gasteiger partial charge in [-0.05, 0) is 37.6 Å². The fraction of sp³-hybridized carbons (Fsp3) is 0.188. The van der Waals surface area contributed by atoms with Gasteiger partial charge in [-0.1, -0.05) is 41.4 Å². The van der Waals surface area contributed by atoms with Gasteiger partial charge in [0.25, 0.3) is 5.91 Å². The first-order valence-corrected chi connectivity index (χ1v) is 6.77. The fourth-order valence-electron chi connectivity index (χ4n) is 1.93. The van der Waals surface area contributed by atoms with Crippen molar-refractivity contribution < 1.29 is 4.79 Å². The molecule has 0 aliphatic heterocycles. The molecule has 0 saturated carbocycles. The van der Waals surface area contributed by atoms with Gasteiger partial charge in [0.2, 0.25) is 0 Å².